The third kappa shape index (κ3) is 2.32. The largest absolute Gasteiger partial charge is 0.508 e. The summed E-state index contributed by atoms with van der Waals surface area (Å²) in [6.45, 7) is 0. The van der Waals surface area contributed by atoms with Gasteiger partial charge in [-0.3, -0.25) is 0 Å². The minimum atomic E-state index is -0.517. The van der Waals surface area contributed by atoms with Crippen molar-refractivity contribution in [2.75, 3.05) is 0 Å². The number of phenolic OH excluding ortho intramolecular Hbond substituents is 1. The Balaban J connectivity index is 1.91. The van der Waals surface area contributed by atoms with E-state index < -0.39 is 5.60 Å². The van der Waals surface area contributed by atoms with Crippen molar-refractivity contribution in [3.8, 4) is 5.75 Å². The Morgan fingerprint density at radius 3 is 2.29 bits per heavy atom. The molecular weight excluding hydrogens is 212 g/mol. The second-order valence-corrected chi connectivity index (χ2v) is 5.71. The smallest absolute Gasteiger partial charge is 0.119 e. The summed E-state index contributed by atoms with van der Waals surface area (Å²) in [7, 11) is 0. The molecular formula is C15H20O2. The number of aliphatic hydroxyl groups is 1. The first kappa shape index (κ1) is 11.1. The molecule has 0 heterocycles. The molecule has 2 N–H and O–H groups in total. The first-order valence-electron chi connectivity index (χ1n) is 6.72. The van der Waals surface area contributed by atoms with Crippen LogP contribution in [-0.4, -0.2) is 15.8 Å². The first-order valence-corrected chi connectivity index (χ1v) is 6.72. The molecule has 2 nitrogen and oxygen atoms in total. The van der Waals surface area contributed by atoms with Crippen LogP contribution in [0.4, 0.5) is 0 Å². The second-order valence-electron chi connectivity index (χ2n) is 5.71. The number of rotatable bonds is 2. The van der Waals surface area contributed by atoms with Crippen molar-refractivity contribution in [3.05, 3.63) is 28.8 Å². The minimum Gasteiger partial charge on any atom is -0.508 e. The van der Waals surface area contributed by atoms with Crippen molar-refractivity contribution in [1.29, 1.82) is 0 Å². The summed E-state index contributed by atoms with van der Waals surface area (Å²) in [5, 5.41) is 20.0. The predicted molar refractivity (Wildman–Crippen MR) is 67.3 cm³/mol. The zero-order valence-electron chi connectivity index (χ0n) is 10.2. The van der Waals surface area contributed by atoms with Gasteiger partial charge in [-0.25, -0.2) is 0 Å². The monoisotopic (exact) mass is 232 g/mol. The van der Waals surface area contributed by atoms with Gasteiger partial charge >= 0.3 is 0 Å². The van der Waals surface area contributed by atoms with Gasteiger partial charge in [-0.05, 0) is 61.3 Å². The van der Waals surface area contributed by atoms with E-state index in [1.807, 2.05) is 6.07 Å². The molecule has 2 heteroatoms. The molecule has 17 heavy (non-hydrogen) atoms. The lowest BCUT2D eigenvalue weighted by Crippen LogP contribution is -2.11. The molecule has 2 aliphatic rings. The fourth-order valence-electron chi connectivity index (χ4n) is 2.82. The van der Waals surface area contributed by atoms with Gasteiger partial charge in [-0.15, -0.1) is 0 Å². The molecule has 3 rings (SSSR count). The zero-order valence-corrected chi connectivity index (χ0v) is 10.2. The van der Waals surface area contributed by atoms with Gasteiger partial charge in [-0.2, -0.15) is 0 Å². The number of fused-ring (bicyclic) bond motifs is 1. The van der Waals surface area contributed by atoms with Crippen molar-refractivity contribution in [2.24, 2.45) is 0 Å². The van der Waals surface area contributed by atoms with Gasteiger partial charge < -0.3 is 10.2 Å². The predicted octanol–water partition coefficient (Wildman–Crippen LogP) is 2.73. The summed E-state index contributed by atoms with van der Waals surface area (Å²) < 4.78 is 0. The molecule has 0 atom stereocenters. The maximum Gasteiger partial charge on any atom is 0.119 e. The lowest BCUT2D eigenvalue weighted by Gasteiger charge is -2.14. The Labute approximate surface area is 102 Å². The van der Waals surface area contributed by atoms with Crippen molar-refractivity contribution in [3.63, 3.8) is 0 Å². The molecule has 2 aliphatic carbocycles. The Morgan fingerprint density at radius 1 is 1.00 bits per heavy atom. The minimum absolute atomic E-state index is 0.381. The van der Waals surface area contributed by atoms with E-state index in [1.165, 1.54) is 30.4 Å². The van der Waals surface area contributed by atoms with Crippen molar-refractivity contribution >= 4 is 0 Å². The summed E-state index contributed by atoms with van der Waals surface area (Å²) in [4.78, 5) is 0. The lowest BCUT2D eigenvalue weighted by molar-refractivity contribution is 0.150. The quantitative estimate of drug-likeness (QED) is 0.770. The molecule has 0 unspecified atom stereocenters. The molecule has 1 fully saturated rings. The summed E-state index contributed by atoms with van der Waals surface area (Å²) >= 11 is 0. The van der Waals surface area contributed by atoms with Gasteiger partial charge in [0.15, 0.2) is 0 Å². The van der Waals surface area contributed by atoms with Gasteiger partial charge in [0.05, 0.1) is 5.60 Å². The zero-order chi connectivity index (χ0) is 11.9. The van der Waals surface area contributed by atoms with E-state index in [9.17, 15) is 10.2 Å². The Bertz CT molecular complexity index is 433. The van der Waals surface area contributed by atoms with Crippen LogP contribution in [0, 0.1) is 0 Å². The molecule has 92 valence electrons. The van der Waals surface area contributed by atoms with Crippen LogP contribution >= 0.6 is 0 Å². The molecule has 0 aromatic heterocycles. The van der Waals surface area contributed by atoms with Crippen molar-refractivity contribution < 1.29 is 10.2 Å². The highest BCUT2D eigenvalue weighted by Crippen LogP contribution is 2.40. The third-order valence-electron chi connectivity index (χ3n) is 4.14. The standard InChI is InChI=1S/C15H20O2/c16-14-9-12-5-3-1-2-4-11(12)8-13(14)10-15(17)6-7-15/h8-9,16-17H,1-7,10H2. The number of benzene rings is 1. The second kappa shape index (κ2) is 4.02. The summed E-state index contributed by atoms with van der Waals surface area (Å²) in [6, 6.07) is 4.06. The molecule has 0 amide bonds. The highest BCUT2D eigenvalue weighted by molar-refractivity contribution is 5.43. The van der Waals surface area contributed by atoms with Crippen LogP contribution in [0.25, 0.3) is 0 Å². The first-order chi connectivity index (χ1) is 8.16. The Kier molecular flexibility index (Phi) is 2.62. The van der Waals surface area contributed by atoms with Crippen LogP contribution in [0.2, 0.25) is 0 Å². The van der Waals surface area contributed by atoms with E-state index in [-0.39, 0.29) is 0 Å². The van der Waals surface area contributed by atoms with Gasteiger partial charge in [0.1, 0.15) is 5.75 Å². The van der Waals surface area contributed by atoms with E-state index in [2.05, 4.69) is 6.07 Å². The van der Waals surface area contributed by atoms with Gasteiger partial charge in [0.25, 0.3) is 0 Å². The molecule has 0 bridgehead atoms. The topological polar surface area (TPSA) is 40.5 Å². The van der Waals surface area contributed by atoms with Crippen LogP contribution < -0.4 is 0 Å². The number of hydrogen-bond donors (Lipinski definition) is 2. The molecule has 0 radical (unpaired) electrons. The van der Waals surface area contributed by atoms with Crippen LogP contribution in [0.5, 0.6) is 5.75 Å². The molecule has 0 aliphatic heterocycles. The highest BCUT2D eigenvalue weighted by Gasteiger charge is 2.40. The Hall–Kier alpha value is -1.02. The van der Waals surface area contributed by atoms with E-state index >= 15 is 0 Å². The molecule has 0 saturated heterocycles. The van der Waals surface area contributed by atoms with Crippen LogP contribution in [0.3, 0.4) is 0 Å². The summed E-state index contributed by atoms with van der Waals surface area (Å²) in [6.07, 6.45) is 8.36. The van der Waals surface area contributed by atoms with Crippen LogP contribution in [0.1, 0.15) is 48.8 Å². The van der Waals surface area contributed by atoms with Crippen LogP contribution in [0.15, 0.2) is 12.1 Å². The lowest BCUT2D eigenvalue weighted by atomic mass is 9.96. The molecule has 1 aromatic carbocycles. The fourth-order valence-corrected chi connectivity index (χ4v) is 2.82. The number of aromatic hydroxyl groups is 1. The molecule has 0 spiro atoms. The number of hydrogen-bond acceptors (Lipinski definition) is 2. The van der Waals surface area contributed by atoms with Crippen molar-refractivity contribution in [2.45, 2.75) is 57.0 Å². The van der Waals surface area contributed by atoms with E-state index in [1.54, 1.807) is 0 Å². The molecule has 1 saturated carbocycles. The molecule has 1 aromatic rings. The summed E-state index contributed by atoms with van der Waals surface area (Å²) in [5.41, 5.74) is 3.12. The van der Waals surface area contributed by atoms with Gasteiger partial charge in [0.2, 0.25) is 0 Å². The number of aryl methyl sites for hydroxylation is 2. The Morgan fingerprint density at radius 2 is 1.65 bits per heavy atom. The number of phenols is 1. The average Bonchev–Trinajstić information content (AvgIpc) is 3.04. The average molecular weight is 232 g/mol. The normalized spacial score (nSPS) is 21.7. The van der Waals surface area contributed by atoms with Gasteiger partial charge in [0, 0.05) is 6.42 Å². The SMILES string of the molecule is Oc1cc2c(cc1CC1(O)CC1)CCCCC2. The van der Waals surface area contributed by atoms with E-state index in [4.69, 9.17) is 0 Å². The highest BCUT2D eigenvalue weighted by atomic mass is 16.3. The van der Waals surface area contributed by atoms with Gasteiger partial charge in [-0.1, -0.05) is 12.5 Å². The maximum absolute atomic E-state index is 10.0. The van der Waals surface area contributed by atoms with E-state index in [0.717, 1.165) is 31.2 Å². The van der Waals surface area contributed by atoms with Crippen molar-refractivity contribution in [1.82, 2.24) is 0 Å². The summed E-state index contributed by atoms with van der Waals surface area (Å²) in [5.74, 6) is 0.381. The van der Waals surface area contributed by atoms with Crippen LogP contribution in [-0.2, 0) is 19.3 Å². The maximum atomic E-state index is 10.0. The third-order valence-corrected chi connectivity index (χ3v) is 4.14. The van der Waals surface area contributed by atoms with E-state index in [0.29, 0.717) is 12.2 Å². The fraction of sp³-hybridized carbons (Fsp3) is 0.600.